The predicted molar refractivity (Wildman–Crippen MR) is 71.8 cm³/mol. The van der Waals surface area contributed by atoms with Crippen molar-refractivity contribution in [3.63, 3.8) is 0 Å². The Morgan fingerprint density at radius 2 is 2.20 bits per heavy atom. The molecule has 0 bridgehead atoms. The molecule has 2 aliphatic heterocycles. The molecule has 3 heterocycles. The minimum Gasteiger partial charge on any atom is -0.321 e. The first-order chi connectivity index (χ1) is 9.65. The van der Waals surface area contributed by atoms with Gasteiger partial charge in [-0.1, -0.05) is 11.3 Å². The molecule has 0 aliphatic carbocycles. The number of carbonyl (C=O) groups excluding carboxylic acids is 1. The van der Waals surface area contributed by atoms with Gasteiger partial charge >= 0.3 is 0 Å². The Morgan fingerprint density at radius 3 is 3.00 bits per heavy atom. The van der Waals surface area contributed by atoms with E-state index in [9.17, 15) is 14.0 Å². The van der Waals surface area contributed by atoms with E-state index in [2.05, 4.69) is 10.3 Å². The zero-order valence-corrected chi connectivity index (χ0v) is 11.0. The molecule has 0 unspecified atom stereocenters. The van der Waals surface area contributed by atoms with Crippen molar-refractivity contribution in [2.45, 2.75) is 6.54 Å². The van der Waals surface area contributed by atoms with Crippen molar-refractivity contribution in [2.75, 3.05) is 11.9 Å². The van der Waals surface area contributed by atoms with Crippen LogP contribution in [0.15, 0.2) is 28.0 Å². The van der Waals surface area contributed by atoms with E-state index >= 15 is 0 Å². The van der Waals surface area contributed by atoms with E-state index in [4.69, 9.17) is 0 Å². The second-order valence-corrected chi connectivity index (χ2v) is 5.55. The number of hydrogen-bond donors (Lipinski definition) is 1. The highest BCUT2D eigenvalue weighted by molar-refractivity contribution is 7.07. The molecule has 0 fully saturated rings. The summed E-state index contributed by atoms with van der Waals surface area (Å²) in [4.78, 5) is 29.2. The topological polar surface area (TPSA) is 63.5 Å². The lowest BCUT2D eigenvalue weighted by Gasteiger charge is -1.96. The van der Waals surface area contributed by atoms with Gasteiger partial charge in [-0.15, -0.1) is 0 Å². The van der Waals surface area contributed by atoms with Crippen LogP contribution >= 0.6 is 11.3 Å². The molecule has 1 aromatic heterocycles. The van der Waals surface area contributed by atoms with Crippen molar-refractivity contribution in [1.29, 1.82) is 0 Å². The molecule has 0 spiro atoms. The number of hydrogen-bond acceptors (Lipinski definition) is 4. The van der Waals surface area contributed by atoms with Crippen molar-refractivity contribution in [3.05, 3.63) is 49.3 Å². The van der Waals surface area contributed by atoms with Crippen LogP contribution in [-0.4, -0.2) is 17.0 Å². The maximum absolute atomic E-state index is 13.4. The first-order valence-corrected chi connectivity index (χ1v) is 6.86. The minimum absolute atomic E-state index is 0.228. The highest BCUT2D eigenvalue weighted by atomic mass is 32.1. The first-order valence-electron chi connectivity index (χ1n) is 6.05. The van der Waals surface area contributed by atoms with E-state index in [0.29, 0.717) is 33.7 Å². The Bertz CT molecular complexity index is 942. The Morgan fingerprint density at radius 1 is 1.35 bits per heavy atom. The fourth-order valence-electron chi connectivity index (χ4n) is 2.48. The predicted octanol–water partition coefficient (Wildman–Crippen LogP) is -0.167. The van der Waals surface area contributed by atoms with Gasteiger partial charge in [-0.05, 0) is 18.2 Å². The summed E-state index contributed by atoms with van der Waals surface area (Å²) in [6, 6.07) is 4.05. The molecule has 1 amide bonds. The zero-order chi connectivity index (χ0) is 13.9. The van der Waals surface area contributed by atoms with Crippen LogP contribution in [-0.2, 0) is 11.3 Å². The number of fused-ring (bicyclic) bond motifs is 2. The van der Waals surface area contributed by atoms with Gasteiger partial charge in [-0.2, -0.15) is 0 Å². The van der Waals surface area contributed by atoms with Crippen LogP contribution in [0.25, 0.3) is 5.57 Å². The summed E-state index contributed by atoms with van der Waals surface area (Å²) < 4.78 is 15.3. The van der Waals surface area contributed by atoms with Crippen LogP contribution in [0.3, 0.4) is 0 Å². The second kappa shape index (κ2) is 3.86. The first kappa shape index (κ1) is 11.5. The van der Waals surface area contributed by atoms with Crippen LogP contribution in [0.5, 0.6) is 0 Å². The van der Waals surface area contributed by atoms with E-state index in [1.54, 1.807) is 4.57 Å². The highest BCUT2D eigenvalue weighted by Crippen LogP contribution is 2.30. The Balaban J connectivity index is 2.14. The summed E-state index contributed by atoms with van der Waals surface area (Å²) in [7, 11) is 0. The number of rotatable bonds is 0. The quantitative estimate of drug-likeness (QED) is 0.732. The molecular weight excluding hydrogens is 281 g/mol. The van der Waals surface area contributed by atoms with E-state index in [1.165, 1.54) is 29.5 Å². The number of nitrogens with one attached hydrogen (secondary N) is 1. The van der Waals surface area contributed by atoms with Gasteiger partial charge in [-0.3, -0.25) is 19.1 Å². The molecule has 2 aliphatic rings. The summed E-state index contributed by atoms with van der Waals surface area (Å²) in [5.41, 5.74) is 0.981. The van der Waals surface area contributed by atoms with Crippen molar-refractivity contribution in [3.8, 4) is 0 Å². The molecule has 5 nitrogen and oxygen atoms in total. The molecule has 0 radical (unpaired) electrons. The number of carbonyl (C=O) groups is 1. The number of benzene rings is 1. The fourth-order valence-corrected chi connectivity index (χ4v) is 3.61. The molecule has 100 valence electrons. The smallest absolute Gasteiger partial charge is 0.271 e. The average Bonchev–Trinajstić information content (AvgIpc) is 3.05. The van der Waals surface area contributed by atoms with Gasteiger partial charge in [0.2, 0.25) is 0 Å². The summed E-state index contributed by atoms with van der Waals surface area (Å²) in [6.07, 6.45) is 0. The van der Waals surface area contributed by atoms with Gasteiger partial charge in [-0.25, -0.2) is 4.39 Å². The van der Waals surface area contributed by atoms with E-state index in [-0.39, 0.29) is 17.0 Å². The number of aromatic nitrogens is 1. The Kier molecular flexibility index (Phi) is 2.23. The summed E-state index contributed by atoms with van der Waals surface area (Å²) in [6.45, 7) is 1.13. The SMILES string of the molecule is O=C1Nc2ccc(F)cc2C1=c1sc2n(c1=O)CCN=2. The normalized spacial score (nSPS) is 18.6. The molecule has 20 heavy (non-hydrogen) atoms. The zero-order valence-electron chi connectivity index (χ0n) is 10.1. The molecule has 1 N–H and O–H groups in total. The largest absolute Gasteiger partial charge is 0.321 e. The third-order valence-corrected chi connectivity index (χ3v) is 4.50. The molecule has 1 aromatic carbocycles. The van der Waals surface area contributed by atoms with Crippen LogP contribution in [0.1, 0.15) is 5.56 Å². The number of anilines is 1. The summed E-state index contributed by atoms with van der Waals surface area (Å²) in [5.74, 6) is -0.810. The second-order valence-electron chi connectivity index (χ2n) is 4.57. The molecule has 0 saturated carbocycles. The van der Waals surface area contributed by atoms with Crippen molar-refractivity contribution in [2.24, 2.45) is 4.99 Å². The number of amides is 1. The molecule has 7 heteroatoms. The number of nitrogens with zero attached hydrogens (tertiary/aromatic N) is 2. The fraction of sp³-hybridized carbons (Fsp3) is 0.154. The average molecular weight is 289 g/mol. The van der Waals surface area contributed by atoms with Crippen LogP contribution in [0.2, 0.25) is 0 Å². The van der Waals surface area contributed by atoms with E-state index in [1.807, 2.05) is 0 Å². The van der Waals surface area contributed by atoms with Gasteiger partial charge in [0.15, 0.2) is 4.80 Å². The minimum atomic E-state index is -0.438. The maximum atomic E-state index is 13.4. The highest BCUT2D eigenvalue weighted by Gasteiger charge is 2.27. The lowest BCUT2D eigenvalue weighted by Crippen LogP contribution is -2.32. The van der Waals surface area contributed by atoms with Crippen molar-refractivity contribution < 1.29 is 9.18 Å². The van der Waals surface area contributed by atoms with E-state index in [0.717, 1.165) is 0 Å². The molecular formula is C13H8FN3O2S. The molecule has 2 aromatic rings. The van der Waals surface area contributed by atoms with E-state index < -0.39 is 5.82 Å². The lowest BCUT2D eigenvalue weighted by atomic mass is 10.1. The molecule has 0 atom stereocenters. The monoisotopic (exact) mass is 289 g/mol. The Hall–Kier alpha value is -2.28. The third-order valence-electron chi connectivity index (χ3n) is 3.39. The maximum Gasteiger partial charge on any atom is 0.271 e. The lowest BCUT2D eigenvalue weighted by molar-refractivity contribution is -0.110. The summed E-state index contributed by atoms with van der Waals surface area (Å²) >= 11 is 1.18. The van der Waals surface area contributed by atoms with Crippen LogP contribution < -0.4 is 20.2 Å². The molecule has 4 rings (SSSR count). The van der Waals surface area contributed by atoms with Crippen molar-refractivity contribution >= 4 is 28.5 Å². The third kappa shape index (κ3) is 1.44. The van der Waals surface area contributed by atoms with Gasteiger partial charge in [0.25, 0.3) is 11.5 Å². The van der Waals surface area contributed by atoms with Crippen molar-refractivity contribution in [1.82, 2.24) is 4.57 Å². The van der Waals surface area contributed by atoms with Crippen LogP contribution in [0.4, 0.5) is 10.1 Å². The standard InChI is InChI=1S/C13H8FN3O2S/c14-6-1-2-8-7(5-6)9(11(18)16-8)10-12(19)17-4-3-15-13(17)20-10/h1-2,5H,3-4H2,(H,16,18). The van der Waals surface area contributed by atoms with Gasteiger partial charge < -0.3 is 5.32 Å². The van der Waals surface area contributed by atoms with Gasteiger partial charge in [0.1, 0.15) is 10.3 Å². The van der Waals surface area contributed by atoms with Gasteiger partial charge in [0, 0.05) is 17.8 Å². The van der Waals surface area contributed by atoms with Gasteiger partial charge in [0.05, 0.1) is 12.1 Å². The number of thiazole rings is 1. The molecule has 0 saturated heterocycles. The number of halogens is 1. The van der Waals surface area contributed by atoms with Crippen LogP contribution in [0, 0.1) is 5.82 Å². The Labute approximate surface area is 115 Å². The summed E-state index contributed by atoms with van der Waals surface area (Å²) in [5, 5.41) is 2.65.